The largest absolute Gasteiger partial charge is 0.481 e. The van der Waals surface area contributed by atoms with Gasteiger partial charge in [0.25, 0.3) is 5.82 Å². The summed E-state index contributed by atoms with van der Waals surface area (Å²) in [7, 11) is 1.68. The van der Waals surface area contributed by atoms with E-state index in [0.717, 1.165) is 80.0 Å². The maximum Gasteiger partial charge on any atom is 0.410 e. The van der Waals surface area contributed by atoms with Crippen LogP contribution < -0.4 is 10.5 Å². The standard InChI is InChI=1S/C20H24N4O2.C20H27N3O3.C10H20N2O2.C2H2O2/c1-20(2,3)26-19(25)23-12-10-16(11-13-23)24-14-22-17(18(24)21-4)15-8-6-5-7-9-15;1-20(2,3)26-19(24)22-12-10-16(11-13-22)23-14-21-17(18(23)25-4)15-8-6-5-7-9-15;1-10(2,3)14-9(13)12-6-4-8(11)5-7-12;3-1-2-4/h5-9,14,16H,10-13H2,1-3H3;5-9,14,16H,10-13H2,1-4H3;8H,4-7,11H2,1-3H3;1-2H. The molecule has 0 bridgehead atoms. The van der Waals surface area contributed by atoms with Crippen molar-refractivity contribution in [1.29, 1.82) is 0 Å². The summed E-state index contributed by atoms with van der Waals surface area (Å²) in [4.78, 5) is 71.7. The highest BCUT2D eigenvalue weighted by atomic mass is 16.6. The fraction of sp³-hybridized carbons (Fsp3) is 0.538. The number of nitrogens with two attached hydrogens (primary N) is 1. The van der Waals surface area contributed by atoms with E-state index in [1.165, 1.54) is 0 Å². The molecule has 3 aliphatic rings. The van der Waals surface area contributed by atoms with Gasteiger partial charge >= 0.3 is 18.3 Å². The Balaban J connectivity index is 0.000000229. The van der Waals surface area contributed by atoms with Gasteiger partial charge in [0.2, 0.25) is 5.88 Å². The van der Waals surface area contributed by atoms with Crippen molar-refractivity contribution >= 4 is 36.7 Å². The van der Waals surface area contributed by atoms with E-state index in [4.69, 9.17) is 40.8 Å². The van der Waals surface area contributed by atoms with Crippen molar-refractivity contribution in [2.45, 2.75) is 136 Å². The van der Waals surface area contributed by atoms with E-state index in [1.54, 1.807) is 28.1 Å². The Morgan fingerprint density at radius 1 is 0.586 bits per heavy atom. The predicted octanol–water partition coefficient (Wildman–Crippen LogP) is 9.53. The Morgan fingerprint density at radius 2 is 0.929 bits per heavy atom. The highest BCUT2D eigenvalue weighted by Gasteiger charge is 2.32. The molecule has 18 nitrogen and oxygen atoms in total. The summed E-state index contributed by atoms with van der Waals surface area (Å²) in [6, 6.07) is 20.5. The zero-order valence-electron chi connectivity index (χ0n) is 42.6. The lowest BCUT2D eigenvalue weighted by atomic mass is 10.0. The van der Waals surface area contributed by atoms with Crippen LogP contribution in [0.1, 0.15) is 113 Å². The summed E-state index contributed by atoms with van der Waals surface area (Å²) in [5.41, 5.74) is 7.94. The molecule has 0 aliphatic carbocycles. The SMILES string of the molecule is CC(C)(C)OC(=O)N1CCC(N)CC1.COc1c(-c2ccccc2)ncn1C1CCN(C(=O)OC(C)(C)C)CC1.O=CC=O.[C-]#[N+]c1c(-c2ccccc2)ncn1C1CCN(C(=O)OC(C)(C)C)CC1. The number of ether oxygens (including phenoxy) is 4. The van der Waals surface area contributed by atoms with E-state index in [2.05, 4.69) is 19.4 Å². The van der Waals surface area contributed by atoms with Crippen molar-refractivity contribution in [3.05, 3.63) is 84.7 Å². The molecule has 0 radical (unpaired) electrons. The van der Waals surface area contributed by atoms with Crippen molar-refractivity contribution < 1.29 is 42.9 Å². The number of piperidine rings is 3. The van der Waals surface area contributed by atoms with Crippen molar-refractivity contribution in [2.24, 2.45) is 5.73 Å². The average molecular weight is 968 g/mol. The number of aldehydes is 2. The maximum absolute atomic E-state index is 12.2. The number of carbonyl (C=O) groups excluding carboxylic acids is 5. The number of hydrogen-bond donors (Lipinski definition) is 1. The average Bonchev–Trinajstić information content (AvgIpc) is 3.96. The Morgan fingerprint density at radius 3 is 1.29 bits per heavy atom. The first-order chi connectivity index (χ1) is 33.1. The lowest BCUT2D eigenvalue weighted by Gasteiger charge is -2.34. The van der Waals surface area contributed by atoms with Crippen LogP contribution in [0.3, 0.4) is 0 Å². The number of rotatable bonds is 6. The second-order valence-corrected chi connectivity index (χ2v) is 20.2. The second kappa shape index (κ2) is 25.7. The van der Waals surface area contributed by atoms with Gasteiger partial charge < -0.3 is 44.2 Å². The minimum Gasteiger partial charge on any atom is -0.481 e. The summed E-state index contributed by atoms with van der Waals surface area (Å²) in [5, 5.41) is 0. The molecular formula is C52H73N9O9. The molecule has 5 heterocycles. The number of imidazole rings is 2. The minimum atomic E-state index is -0.486. The number of methoxy groups -OCH3 is 1. The van der Waals surface area contributed by atoms with E-state index in [-0.39, 0.29) is 49.0 Å². The Kier molecular flexibility index (Phi) is 20.5. The molecule has 18 heteroatoms. The normalized spacial score (nSPS) is 15.8. The number of aromatic nitrogens is 4. The van der Waals surface area contributed by atoms with E-state index in [1.807, 2.05) is 134 Å². The zero-order chi connectivity index (χ0) is 51.6. The molecule has 2 N–H and O–H groups in total. The molecule has 2 aromatic carbocycles. The molecule has 70 heavy (non-hydrogen) atoms. The van der Waals surface area contributed by atoms with Crippen LogP contribution in [0.25, 0.3) is 27.4 Å². The molecule has 0 spiro atoms. The lowest BCUT2D eigenvalue weighted by molar-refractivity contribution is -0.122. The molecule has 0 atom stereocenters. The molecule has 3 aliphatic heterocycles. The van der Waals surface area contributed by atoms with Crippen LogP contribution in [0.5, 0.6) is 5.88 Å². The number of nitrogens with zero attached hydrogens (tertiary/aromatic N) is 8. The van der Waals surface area contributed by atoms with Crippen LogP contribution >= 0.6 is 0 Å². The molecule has 3 fully saturated rings. The minimum absolute atomic E-state index is 0.169. The maximum atomic E-state index is 12.2. The van der Waals surface area contributed by atoms with Crippen molar-refractivity contribution in [1.82, 2.24) is 33.8 Å². The van der Waals surface area contributed by atoms with Crippen LogP contribution in [-0.4, -0.2) is 134 Å². The summed E-state index contributed by atoms with van der Waals surface area (Å²) in [5.74, 6) is 1.33. The first-order valence-corrected chi connectivity index (χ1v) is 23.8. The third-order valence-electron chi connectivity index (χ3n) is 11.2. The van der Waals surface area contributed by atoms with Gasteiger partial charge in [-0.15, -0.1) is 0 Å². The number of amides is 3. The molecule has 380 valence electrons. The monoisotopic (exact) mass is 968 g/mol. The highest BCUT2D eigenvalue weighted by Crippen LogP contribution is 2.36. The molecule has 3 saturated heterocycles. The van der Waals surface area contributed by atoms with Gasteiger partial charge in [-0.2, -0.15) is 0 Å². The first-order valence-electron chi connectivity index (χ1n) is 23.8. The van der Waals surface area contributed by atoms with Gasteiger partial charge in [0.05, 0.1) is 25.2 Å². The highest BCUT2D eigenvalue weighted by molar-refractivity contribution is 6.09. The molecule has 4 aromatic rings. The summed E-state index contributed by atoms with van der Waals surface area (Å²) >= 11 is 0. The quantitative estimate of drug-likeness (QED) is 0.0832. The van der Waals surface area contributed by atoms with Crippen LogP contribution in [0, 0.1) is 6.57 Å². The van der Waals surface area contributed by atoms with Gasteiger partial charge in [0, 0.05) is 69.8 Å². The number of hydrogen-bond acceptors (Lipinski definition) is 12. The number of likely N-dealkylation sites (tertiary alicyclic amines) is 3. The molecule has 2 aromatic heterocycles. The van der Waals surface area contributed by atoms with Gasteiger partial charge in [-0.3, -0.25) is 18.7 Å². The molecule has 3 amide bonds. The van der Waals surface area contributed by atoms with Crippen LogP contribution in [0.4, 0.5) is 20.2 Å². The van der Waals surface area contributed by atoms with E-state index >= 15 is 0 Å². The first kappa shape index (κ1) is 55.9. The third-order valence-corrected chi connectivity index (χ3v) is 11.2. The Hall–Kier alpha value is -6.74. The number of carbonyl (C=O) groups is 5. The van der Waals surface area contributed by atoms with E-state index in [9.17, 15) is 14.4 Å². The molecular weight excluding hydrogens is 895 g/mol. The predicted molar refractivity (Wildman–Crippen MR) is 267 cm³/mol. The van der Waals surface area contributed by atoms with Crippen molar-refractivity contribution in [3.8, 4) is 28.4 Å². The van der Waals surface area contributed by atoms with Gasteiger partial charge in [-0.25, -0.2) is 24.4 Å². The Bertz CT molecular complexity index is 2310. The van der Waals surface area contributed by atoms with E-state index in [0.29, 0.717) is 32.0 Å². The van der Waals surface area contributed by atoms with Crippen molar-refractivity contribution in [3.63, 3.8) is 0 Å². The summed E-state index contributed by atoms with van der Waals surface area (Å²) < 4.78 is 25.9. The third kappa shape index (κ3) is 17.3. The van der Waals surface area contributed by atoms with Gasteiger partial charge in [-0.05, 0) is 93.6 Å². The molecule has 7 rings (SSSR count). The fourth-order valence-corrected chi connectivity index (χ4v) is 7.85. The van der Waals surface area contributed by atoms with Crippen LogP contribution in [-0.2, 0) is 23.8 Å². The Labute approximate surface area is 413 Å². The van der Waals surface area contributed by atoms with Crippen molar-refractivity contribution in [2.75, 3.05) is 46.4 Å². The zero-order valence-corrected chi connectivity index (χ0v) is 42.6. The second-order valence-electron chi connectivity index (χ2n) is 20.2. The summed E-state index contributed by atoms with van der Waals surface area (Å²) in [6.07, 6.45) is 8.27. The molecule has 0 unspecified atom stereocenters. The van der Waals surface area contributed by atoms with E-state index < -0.39 is 16.8 Å². The number of benzene rings is 2. The fourth-order valence-electron chi connectivity index (χ4n) is 7.85. The van der Waals surface area contributed by atoms with Crippen LogP contribution in [0.15, 0.2) is 73.3 Å². The smallest absolute Gasteiger partial charge is 0.410 e. The summed E-state index contributed by atoms with van der Waals surface area (Å²) in [6.45, 7) is 28.5. The van der Waals surface area contributed by atoms with Gasteiger partial charge in [-0.1, -0.05) is 67.2 Å². The van der Waals surface area contributed by atoms with Crippen LogP contribution in [0.2, 0.25) is 0 Å². The van der Waals surface area contributed by atoms with Gasteiger partial charge in [0.15, 0.2) is 18.9 Å². The topological polar surface area (TPSA) is 198 Å². The van der Waals surface area contributed by atoms with Gasteiger partial charge in [0.1, 0.15) is 22.5 Å². The lowest BCUT2D eigenvalue weighted by Crippen LogP contribution is -2.44. The molecule has 0 saturated carbocycles.